The largest absolute Gasteiger partial charge is 0.393 e. The predicted molar refractivity (Wildman–Crippen MR) is 59.1 cm³/mol. The van der Waals surface area contributed by atoms with Gasteiger partial charge in [0.15, 0.2) is 0 Å². The first-order valence-corrected chi connectivity index (χ1v) is 6.34. The van der Waals surface area contributed by atoms with E-state index in [4.69, 9.17) is 0 Å². The first-order chi connectivity index (χ1) is 6.66. The lowest BCUT2D eigenvalue weighted by Gasteiger charge is -2.36. The molecular formula is C13H24O. The van der Waals surface area contributed by atoms with E-state index < -0.39 is 0 Å². The summed E-state index contributed by atoms with van der Waals surface area (Å²) in [6.07, 6.45) is 9.57. The molecule has 1 spiro atoms. The first kappa shape index (κ1) is 10.5. The van der Waals surface area contributed by atoms with E-state index in [0.29, 0.717) is 17.3 Å². The van der Waals surface area contributed by atoms with Gasteiger partial charge in [-0.25, -0.2) is 0 Å². The summed E-state index contributed by atoms with van der Waals surface area (Å²) in [4.78, 5) is 0. The van der Waals surface area contributed by atoms with Crippen molar-refractivity contribution in [2.45, 2.75) is 64.9 Å². The highest BCUT2D eigenvalue weighted by atomic mass is 16.3. The van der Waals surface area contributed by atoms with Crippen LogP contribution >= 0.6 is 0 Å². The van der Waals surface area contributed by atoms with Crippen LogP contribution in [-0.2, 0) is 0 Å². The molecule has 0 aliphatic heterocycles. The fourth-order valence-corrected chi connectivity index (χ4v) is 3.86. The van der Waals surface area contributed by atoms with Crippen molar-refractivity contribution in [2.24, 2.45) is 17.3 Å². The lowest BCUT2D eigenvalue weighted by Crippen LogP contribution is -2.35. The molecule has 1 N–H and O–H groups in total. The molecule has 82 valence electrons. The maximum Gasteiger partial charge on any atom is 0.0596 e. The third-order valence-electron chi connectivity index (χ3n) is 4.67. The van der Waals surface area contributed by atoms with Crippen molar-refractivity contribution >= 4 is 0 Å². The summed E-state index contributed by atoms with van der Waals surface area (Å²) >= 11 is 0. The smallest absolute Gasteiger partial charge is 0.0596 e. The first-order valence-electron chi connectivity index (χ1n) is 6.34. The maximum atomic E-state index is 10.3. The number of aliphatic hydroxyl groups is 1. The summed E-state index contributed by atoms with van der Waals surface area (Å²) < 4.78 is 0. The van der Waals surface area contributed by atoms with Crippen molar-refractivity contribution in [3.05, 3.63) is 0 Å². The van der Waals surface area contributed by atoms with Crippen LogP contribution in [0.5, 0.6) is 0 Å². The molecule has 2 atom stereocenters. The van der Waals surface area contributed by atoms with Gasteiger partial charge in [0.2, 0.25) is 0 Å². The van der Waals surface area contributed by atoms with Gasteiger partial charge in [0.1, 0.15) is 0 Å². The molecule has 0 bridgehead atoms. The number of hydrogen-bond donors (Lipinski definition) is 1. The molecule has 14 heavy (non-hydrogen) atoms. The summed E-state index contributed by atoms with van der Waals surface area (Å²) in [6.45, 7) is 4.32. The van der Waals surface area contributed by atoms with E-state index in [0.717, 1.165) is 0 Å². The summed E-state index contributed by atoms with van der Waals surface area (Å²) in [5.74, 6) is 1.06. The second kappa shape index (κ2) is 3.84. The van der Waals surface area contributed by atoms with Crippen molar-refractivity contribution in [2.75, 3.05) is 0 Å². The zero-order valence-corrected chi connectivity index (χ0v) is 9.63. The van der Waals surface area contributed by atoms with E-state index in [1.807, 2.05) is 0 Å². The normalized spacial score (nSPS) is 33.0. The Kier molecular flexibility index (Phi) is 2.88. The zero-order valence-electron chi connectivity index (χ0n) is 9.63. The van der Waals surface area contributed by atoms with Gasteiger partial charge in [-0.1, -0.05) is 33.1 Å². The van der Waals surface area contributed by atoms with Crippen LogP contribution in [0.4, 0.5) is 0 Å². The van der Waals surface area contributed by atoms with Crippen LogP contribution in [0.15, 0.2) is 0 Å². The molecule has 2 saturated carbocycles. The lowest BCUT2D eigenvalue weighted by atomic mass is 9.71. The van der Waals surface area contributed by atoms with Gasteiger partial charge in [-0.15, -0.1) is 0 Å². The van der Waals surface area contributed by atoms with Crippen LogP contribution in [0.25, 0.3) is 0 Å². The Balaban J connectivity index is 2.10. The third kappa shape index (κ3) is 1.60. The van der Waals surface area contributed by atoms with Gasteiger partial charge in [-0.3, -0.25) is 0 Å². The number of rotatable bonds is 2. The van der Waals surface area contributed by atoms with Crippen LogP contribution in [0.1, 0.15) is 58.8 Å². The molecule has 2 aliphatic carbocycles. The van der Waals surface area contributed by atoms with E-state index in [9.17, 15) is 5.11 Å². The molecule has 0 heterocycles. The highest BCUT2D eigenvalue weighted by molar-refractivity contribution is 4.98. The van der Waals surface area contributed by atoms with Gasteiger partial charge in [0.25, 0.3) is 0 Å². The molecule has 0 aromatic heterocycles. The molecule has 0 amide bonds. The maximum absolute atomic E-state index is 10.3. The fourth-order valence-electron chi connectivity index (χ4n) is 3.86. The van der Waals surface area contributed by atoms with Crippen molar-refractivity contribution in [3.8, 4) is 0 Å². The Hall–Kier alpha value is -0.0400. The molecule has 2 rings (SSSR count). The SMILES string of the molecule is CC(C)C(O)C1CCCC12CCCC2. The highest BCUT2D eigenvalue weighted by Crippen LogP contribution is 2.55. The molecule has 1 nitrogen and oxygen atoms in total. The average molecular weight is 196 g/mol. The second-order valence-corrected chi connectivity index (χ2v) is 5.80. The third-order valence-corrected chi connectivity index (χ3v) is 4.67. The van der Waals surface area contributed by atoms with Gasteiger partial charge < -0.3 is 5.11 Å². The van der Waals surface area contributed by atoms with E-state index in [-0.39, 0.29) is 6.10 Å². The van der Waals surface area contributed by atoms with E-state index in [1.165, 1.54) is 44.9 Å². The minimum Gasteiger partial charge on any atom is -0.393 e. The van der Waals surface area contributed by atoms with E-state index in [2.05, 4.69) is 13.8 Å². The van der Waals surface area contributed by atoms with E-state index >= 15 is 0 Å². The summed E-state index contributed by atoms with van der Waals surface area (Å²) in [7, 11) is 0. The van der Waals surface area contributed by atoms with Gasteiger partial charge in [0.05, 0.1) is 6.10 Å². The molecule has 0 aromatic carbocycles. The summed E-state index contributed by atoms with van der Waals surface area (Å²) in [6, 6.07) is 0. The highest BCUT2D eigenvalue weighted by Gasteiger charge is 2.47. The molecule has 0 saturated heterocycles. The Labute approximate surface area is 87.9 Å². The molecular weight excluding hydrogens is 172 g/mol. The number of hydrogen-bond acceptors (Lipinski definition) is 1. The van der Waals surface area contributed by atoms with Crippen molar-refractivity contribution in [3.63, 3.8) is 0 Å². The quantitative estimate of drug-likeness (QED) is 0.718. The molecule has 1 heteroatoms. The molecule has 2 aliphatic rings. The van der Waals surface area contributed by atoms with Crippen LogP contribution < -0.4 is 0 Å². The van der Waals surface area contributed by atoms with Gasteiger partial charge >= 0.3 is 0 Å². The predicted octanol–water partition coefficient (Wildman–Crippen LogP) is 3.36. The minimum atomic E-state index is -0.0457. The Morgan fingerprint density at radius 1 is 1.07 bits per heavy atom. The number of aliphatic hydroxyl groups excluding tert-OH is 1. The van der Waals surface area contributed by atoms with Gasteiger partial charge in [-0.2, -0.15) is 0 Å². The zero-order chi connectivity index (χ0) is 10.2. The van der Waals surface area contributed by atoms with Crippen molar-refractivity contribution in [1.29, 1.82) is 0 Å². The lowest BCUT2D eigenvalue weighted by molar-refractivity contribution is 0.00828. The molecule has 0 radical (unpaired) electrons. The standard InChI is InChI=1S/C13H24O/c1-10(2)12(14)11-6-5-9-13(11)7-3-4-8-13/h10-12,14H,3-9H2,1-2H3. The van der Waals surface area contributed by atoms with Crippen molar-refractivity contribution < 1.29 is 5.11 Å². The van der Waals surface area contributed by atoms with E-state index in [1.54, 1.807) is 0 Å². The second-order valence-electron chi connectivity index (χ2n) is 5.80. The molecule has 0 aromatic rings. The van der Waals surface area contributed by atoms with Crippen LogP contribution in [-0.4, -0.2) is 11.2 Å². The topological polar surface area (TPSA) is 20.2 Å². The van der Waals surface area contributed by atoms with Crippen LogP contribution in [0, 0.1) is 17.3 Å². The van der Waals surface area contributed by atoms with Gasteiger partial charge in [0, 0.05) is 0 Å². The summed E-state index contributed by atoms with van der Waals surface area (Å²) in [5.41, 5.74) is 0.559. The van der Waals surface area contributed by atoms with Crippen molar-refractivity contribution in [1.82, 2.24) is 0 Å². The van der Waals surface area contributed by atoms with Crippen LogP contribution in [0.2, 0.25) is 0 Å². The Morgan fingerprint density at radius 2 is 1.64 bits per heavy atom. The minimum absolute atomic E-state index is 0.0457. The average Bonchev–Trinajstić information content (AvgIpc) is 2.76. The molecule has 2 fully saturated rings. The Bertz CT molecular complexity index is 186. The van der Waals surface area contributed by atoms with Gasteiger partial charge in [-0.05, 0) is 42.9 Å². The molecule has 2 unspecified atom stereocenters. The monoisotopic (exact) mass is 196 g/mol. The van der Waals surface area contributed by atoms with Crippen LogP contribution in [0.3, 0.4) is 0 Å². The fraction of sp³-hybridized carbons (Fsp3) is 1.00. The Morgan fingerprint density at radius 3 is 2.21 bits per heavy atom. The summed E-state index contributed by atoms with van der Waals surface area (Å²) in [5, 5.41) is 10.3.